The minimum absolute atomic E-state index is 0.146. The standard InChI is InChI=1S/C15H12Cl2N2O2/c1-9(20)19-14(11-5-4-10(16)7-12(11)17)8-13(18-19)15-3-2-6-21-15/h2-7,14H,8H2,1H3/t14-/m1/s1. The Bertz CT molecular complexity index is 710. The zero-order valence-corrected chi connectivity index (χ0v) is 12.7. The second kappa shape index (κ2) is 5.54. The number of rotatable bonds is 2. The van der Waals surface area contributed by atoms with Gasteiger partial charge in [0.1, 0.15) is 11.5 Å². The Morgan fingerprint density at radius 2 is 2.19 bits per heavy atom. The highest BCUT2D eigenvalue weighted by molar-refractivity contribution is 6.35. The van der Waals surface area contributed by atoms with Crippen LogP contribution in [0, 0.1) is 0 Å². The minimum Gasteiger partial charge on any atom is -0.463 e. The molecule has 4 nitrogen and oxygen atoms in total. The second-order valence-corrected chi connectivity index (χ2v) is 5.62. The topological polar surface area (TPSA) is 45.8 Å². The molecule has 1 aromatic heterocycles. The molecule has 0 saturated heterocycles. The van der Waals surface area contributed by atoms with Crippen LogP contribution in [0.5, 0.6) is 0 Å². The summed E-state index contributed by atoms with van der Waals surface area (Å²) in [5.74, 6) is 0.515. The lowest BCUT2D eigenvalue weighted by molar-refractivity contribution is -0.130. The predicted molar refractivity (Wildman–Crippen MR) is 81.6 cm³/mol. The number of furan rings is 1. The van der Waals surface area contributed by atoms with Gasteiger partial charge in [-0.25, -0.2) is 5.01 Å². The third-order valence-corrected chi connectivity index (χ3v) is 3.92. The molecule has 1 amide bonds. The van der Waals surface area contributed by atoms with Crippen molar-refractivity contribution in [3.05, 3.63) is 58.0 Å². The number of hydrogen-bond acceptors (Lipinski definition) is 3. The Morgan fingerprint density at radius 1 is 1.38 bits per heavy atom. The summed E-state index contributed by atoms with van der Waals surface area (Å²) in [5.41, 5.74) is 1.55. The first-order valence-corrected chi connectivity index (χ1v) is 7.18. The highest BCUT2D eigenvalue weighted by atomic mass is 35.5. The van der Waals surface area contributed by atoms with Gasteiger partial charge in [0.2, 0.25) is 5.91 Å². The monoisotopic (exact) mass is 322 g/mol. The van der Waals surface area contributed by atoms with Gasteiger partial charge in [-0.05, 0) is 29.8 Å². The predicted octanol–water partition coefficient (Wildman–Crippen LogP) is 4.28. The van der Waals surface area contributed by atoms with Gasteiger partial charge < -0.3 is 4.42 Å². The van der Waals surface area contributed by atoms with Gasteiger partial charge >= 0.3 is 0 Å². The maximum atomic E-state index is 11.8. The summed E-state index contributed by atoms with van der Waals surface area (Å²) >= 11 is 12.2. The molecular formula is C15H12Cl2N2O2. The van der Waals surface area contributed by atoms with Crippen molar-refractivity contribution in [1.29, 1.82) is 0 Å². The normalized spacial score (nSPS) is 18.0. The van der Waals surface area contributed by atoms with E-state index >= 15 is 0 Å². The van der Waals surface area contributed by atoms with Gasteiger partial charge in [-0.3, -0.25) is 4.79 Å². The molecule has 6 heteroatoms. The molecule has 21 heavy (non-hydrogen) atoms. The Labute approximate surface area is 131 Å². The second-order valence-electron chi connectivity index (χ2n) is 4.77. The zero-order valence-electron chi connectivity index (χ0n) is 11.2. The first kappa shape index (κ1) is 14.2. The van der Waals surface area contributed by atoms with E-state index in [1.165, 1.54) is 11.9 Å². The molecule has 1 aromatic carbocycles. The molecule has 0 aliphatic carbocycles. The molecule has 2 aromatic rings. The Morgan fingerprint density at radius 3 is 2.81 bits per heavy atom. The molecule has 0 radical (unpaired) electrons. The molecule has 2 heterocycles. The van der Waals surface area contributed by atoms with Crippen molar-refractivity contribution >= 4 is 34.8 Å². The molecule has 1 aliphatic rings. The van der Waals surface area contributed by atoms with Crippen LogP contribution in [0.4, 0.5) is 0 Å². The molecule has 0 spiro atoms. The van der Waals surface area contributed by atoms with E-state index in [1.54, 1.807) is 24.5 Å². The summed E-state index contributed by atoms with van der Waals surface area (Å²) in [6, 6.07) is 8.62. The summed E-state index contributed by atoms with van der Waals surface area (Å²) in [7, 11) is 0. The number of carbonyl (C=O) groups is 1. The van der Waals surface area contributed by atoms with Crippen LogP contribution in [0.25, 0.3) is 0 Å². The largest absolute Gasteiger partial charge is 0.463 e. The molecule has 3 rings (SSSR count). The van der Waals surface area contributed by atoms with Crippen LogP contribution in [0.15, 0.2) is 46.1 Å². The van der Waals surface area contributed by atoms with Crippen LogP contribution in [0.3, 0.4) is 0 Å². The average Bonchev–Trinajstić information content (AvgIpc) is 3.07. The minimum atomic E-state index is -0.243. The molecule has 1 atom stereocenters. The van der Waals surface area contributed by atoms with Crippen molar-refractivity contribution in [3.63, 3.8) is 0 Å². The molecule has 0 unspecified atom stereocenters. The number of hydrogen-bond donors (Lipinski definition) is 0. The number of carbonyl (C=O) groups excluding carboxylic acids is 1. The number of benzene rings is 1. The number of nitrogens with zero attached hydrogens (tertiary/aromatic N) is 2. The molecule has 0 N–H and O–H groups in total. The number of hydrazone groups is 1. The van der Waals surface area contributed by atoms with E-state index in [0.717, 1.165) is 11.3 Å². The fourth-order valence-electron chi connectivity index (χ4n) is 2.41. The summed E-state index contributed by atoms with van der Waals surface area (Å²) in [4.78, 5) is 11.8. The summed E-state index contributed by atoms with van der Waals surface area (Å²) in [6.07, 6.45) is 2.13. The van der Waals surface area contributed by atoms with Crippen molar-refractivity contribution in [2.24, 2.45) is 5.10 Å². The maximum absolute atomic E-state index is 11.8. The Kier molecular flexibility index (Phi) is 3.74. The highest BCUT2D eigenvalue weighted by Crippen LogP contribution is 2.37. The first-order valence-electron chi connectivity index (χ1n) is 6.42. The Balaban J connectivity index is 1.98. The maximum Gasteiger partial charge on any atom is 0.240 e. The SMILES string of the molecule is CC(=O)N1N=C(c2ccco2)C[C@@H]1c1ccc(Cl)cc1Cl. The van der Waals surface area contributed by atoms with E-state index in [2.05, 4.69) is 5.10 Å². The van der Waals surface area contributed by atoms with E-state index in [0.29, 0.717) is 22.2 Å². The molecular weight excluding hydrogens is 311 g/mol. The van der Waals surface area contributed by atoms with Gasteiger partial charge in [0.15, 0.2) is 0 Å². The molecule has 0 bridgehead atoms. The molecule has 0 fully saturated rings. The van der Waals surface area contributed by atoms with Gasteiger partial charge in [-0.1, -0.05) is 29.3 Å². The van der Waals surface area contributed by atoms with Gasteiger partial charge in [0.25, 0.3) is 0 Å². The summed E-state index contributed by atoms with van der Waals surface area (Å²) in [6.45, 7) is 1.48. The van der Waals surface area contributed by atoms with E-state index in [9.17, 15) is 4.79 Å². The third kappa shape index (κ3) is 2.69. The van der Waals surface area contributed by atoms with Crippen molar-refractivity contribution in [1.82, 2.24) is 5.01 Å². The summed E-state index contributed by atoms with van der Waals surface area (Å²) < 4.78 is 5.36. The van der Waals surface area contributed by atoms with Crippen molar-refractivity contribution in [2.75, 3.05) is 0 Å². The van der Waals surface area contributed by atoms with Gasteiger partial charge in [-0.15, -0.1) is 0 Å². The van der Waals surface area contributed by atoms with Crippen LogP contribution in [-0.2, 0) is 4.79 Å². The Hall–Kier alpha value is -1.78. The van der Waals surface area contributed by atoms with E-state index in [-0.39, 0.29) is 11.9 Å². The smallest absolute Gasteiger partial charge is 0.240 e. The van der Waals surface area contributed by atoms with Crippen LogP contribution >= 0.6 is 23.2 Å². The van der Waals surface area contributed by atoms with Crippen molar-refractivity contribution in [3.8, 4) is 0 Å². The number of amides is 1. The van der Waals surface area contributed by atoms with E-state index < -0.39 is 0 Å². The van der Waals surface area contributed by atoms with Crippen LogP contribution in [0.2, 0.25) is 10.0 Å². The van der Waals surface area contributed by atoms with Crippen LogP contribution in [-0.4, -0.2) is 16.6 Å². The van der Waals surface area contributed by atoms with Crippen LogP contribution in [0.1, 0.15) is 30.7 Å². The lowest BCUT2D eigenvalue weighted by Crippen LogP contribution is -2.24. The van der Waals surface area contributed by atoms with E-state index in [1.807, 2.05) is 12.1 Å². The van der Waals surface area contributed by atoms with E-state index in [4.69, 9.17) is 27.6 Å². The highest BCUT2D eigenvalue weighted by Gasteiger charge is 2.33. The summed E-state index contributed by atoms with van der Waals surface area (Å²) in [5, 5.41) is 6.89. The van der Waals surface area contributed by atoms with Gasteiger partial charge in [-0.2, -0.15) is 5.10 Å². The fraction of sp³-hybridized carbons (Fsp3) is 0.200. The average molecular weight is 323 g/mol. The fourth-order valence-corrected chi connectivity index (χ4v) is 2.94. The lowest BCUT2D eigenvalue weighted by Gasteiger charge is -2.21. The van der Waals surface area contributed by atoms with Crippen molar-refractivity contribution in [2.45, 2.75) is 19.4 Å². The molecule has 108 valence electrons. The number of halogens is 2. The van der Waals surface area contributed by atoms with Gasteiger partial charge in [0.05, 0.1) is 12.3 Å². The molecule has 1 aliphatic heterocycles. The zero-order chi connectivity index (χ0) is 15.0. The van der Waals surface area contributed by atoms with Crippen LogP contribution < -0.4 is 0 Å². The lowest BCUT2D eigenvalue weighted by atomic mass is 10.0. The van der Waals surface area contributed by atoms with Gasteiger partial charge in [0, 0.05) is 23.4 Å². The first-order chi connectivity index (χ1) is 10.1. The molecule has 0 saturated carbocycles. The van der Waals surface area contributed by atoms with Crippen molar-refractivity contribution < 1.29 is 9.21 Å². The quantitative estimate of drug-likeness (QED) is 0.828. The third-order valence-electron chi connectivity index (χ3n) is 3.36.